The summed E-state index contributed by atoms with van der Waals surface area (Å²) >= 11 is 0. The van der Waals surface area contributed by atoms with Crippen LogP contribution in [0, 0.1) is 0 Å². The third kappa shape index (κ3) is 3.15. The van der Waals surface area contributed by atoms with Crippen molar-refractivity contribution < 1.29 is 9.21 Å². The van der Waals surface area contributed by atoms with Gasteiger partial charge in [-0.15, -0.1) is 10.2 Å². The third-order valence-corrected chi connectivity index (χ3v) is 5.56. The summed E-state index contributed by atoms with van der Waals surface area (Å²) in [5.74, 6) is 1.65. The number of nitrogens with zero attached hydrogens (tertiary/aromatic N) is 4. The highest BCUT2D eigenvalue weighted by atomic mass is 16.4. The first-order chi connectivity index (χ1) is 12.4. The molecule has 140 valence electrons. The quantitative estimate of drug-likeness (QED) is 0.904. The van der Waals surface area contributed by atoms with Gasteiger partial charge in [-0.2, -0.15) is 5.10 Å². The van der Waals surface area contributed by atoms with Crippen LogP contribution in [0.3, 0.4) is 0 Å². The lowest BCUT2D eigenvalue weighted by Gasteiger charge is -2.33. The summed E-state index contributed by atoms with van der Waals surface area (Å²) in [7, 11) is 0. The molecule has 26 heavy (non-hydrogen) atoms. The molecule has 1 saturated heterocycles. The second-order valence-corrected chi connectivity index (χ2v) is 8.53. The van der Waals surface area contributed by atoms with Gasteiger partial charge in [-0.05, 0) is 38.2 Å². The number of likely N-dealkylation sites (tertiary alicyclic amines) is 1. The normalized spacial score (nSPS) is 21.7. The largest absolute Gasteiger partial charge is 0.423 e. The smallest absolute Gasteiger partial charge is 0.275 e. The number of piperidine rings is 1. The monoisotopic (exact) mass is 357 g/mol. The zero-order valence-electron chi connectivity index (χ0n) is 15.8. The molecule has 0 bridgehead atoms. The van der Waals surface area contributed by atoms with Crippen molar-refractivity contribution in [3.63, 3.8) is 0 Å². The minimum Gasteiger partial charge on any atom is -0.423 e. The SMILES string of the molecule is CC(C)(C)c1cc(C(=O)N2CCCC[C@@H]2c2nnc(C3CCC3)o2)n[nH]1. The first-order valence-corrected chi connectivity index (χ1v) is 9.63. The number of aromatic nitrogens is 4. The first kappa shape index (κ1) is 17.2. The van der Waals surface area contributed by atoms with Crippen molar-refractivity contribution in [3.05, 3.63) is 29.2 Å². The van der Waals surface area contributed by atoms with E-state index in [-0.39, 0.29) is 17.4 Å². The van der Waals surface area contributed by atoms with Crippen LogP contribution in [0.5, 0.6) is 0 Å². The van der Waals surface area contributed by atoms with Gasteiger partial charge in [0.05, 0.1) is 0 Å². The average molecular weight is 357 g/mol. The zero-order chi connectivity index (χ0) is 18.3. The van der Waals surface area contributed by atoms with Gasteiger partial charge in [-0.25, -0.2) is 0 Å². The molecule has 2 fully saturated rings. The van der Waals surface area contributed by atoms with Crippen LogP contribution in [0.4, 0.5) is 0 Å². The molecule has 0 unspecified atom stereocenters. The van der Waals surface area contributed by atoms with Crippen LogP contribution in [0.15, 0.2) is 10.5 Å². The molecule has 1 aliphatic carbocycles. The van der Waals surface area contributed by atoms with E-state index in [2.05, 4.69) is 41.2 Å². The van der Waals surface area contributed by atoms with Crippen LogP contribution in [-0.2, 0) is 5.41 Å². The Hall–Kier alpha value is -2.18. The van der Waals surface area contributed by atoms with Crippen molar-refractivity contribution in [2.24, 2.45) is 0 Å². The zero-order valence-corrected chi connectivity index (χ0v) is 15.8. The number of hydrogen-bond acceptors (Lipinski definition) is 5. The van der Waals surface area contributed by atoms with Gasteiger partial charge in [0.2, 0.25) is 11.8 Å². The molecule has 1 saturated carbocycles. The number of carbonyl (C=O) groups is 1. The van der Waals surface area contributed by atoms with E-state index in [0.29, 0.717) is 24.0 Å². The van der Waals surface area contributed by atoms with E-state index < -0.39 is 0 Å². The Morgan fingerprint density at radius 1 is 1.15 bits per heavy atom. The van der Waals surface area contributed by atoms with Crippen molar-refractivity contribution >= 4 is 5.91 Å². The Balaban J connectivity index is 1.56. The molecule has 1 N–H and O–H groups in total. The highest BCUT2D eigenvalue weighted by Crippen LogP contribution is 2.38. The van der Waals surface area contributed by atoms with Gasteiger partial charge in [-0.1, -0.05) is 27.2 Å². The lowest BCUT2D eigenvalue weighted by atomic mass is 9.85. The molecule has 0 spiro atoms. The molecular weight excluding hydrogens is 330 g/mol. The topological polar surface area (TPSA) is 87.9 Å². The number of H-pyrrole nitrogens is 1. The van der Waals surface area contributed by atoms with Crippen LogP contribution in [0.2, 0.25) is 0 Å². The number of hydrogen-bond donors (Lipinski definition) is 1. The molecular formula is C19H27N5O2. The molecule has 2 aliphatic rings. The molecule has 2 aromatic rings. The van der Waals surface area contributed by atoms with Crippen LogP contribution in [-0.4, -0.2) is 37.7 Å². The highest BCUT2D eigenvalue weighted by Gasteiger charge is 2.35. The average Bonchev–Trinajstić information content (AvgIpc) is 3.22. The van der Waals surface area contributed by atoms with Gasteiger partial charge in [0.15, 0.2) is 0 Å². The van der Waals surface area contributed by atoms with E-state index in [4.69, 9.17) is 4.42 Å². The van der Waals surface area contributed by atoms with Crippen molar-refractivity contribution in [3.8, 4) is 0 Å². The predicted molar refractivity (Wildman–Crippen MR) is 95.8 cm³/mol. The molecule has 1 atom stereocenters. The van der Waals surface area contributed by atoms with Gasteiger partial charge in [0.25, 0.3) is 5.91 Å². The Morgan fingerprint density at radius 3 is 2.58 bits per heavy atom. The molecule has 2 aromatic heterocycles. The standard InChI is InChI=1S/C19H27N5O2/c1-19(2,3)15-11-13(20-21-15)18(25)24-10-5-4-9-14(24)17-23-22-16(26-17)12-7-6-8-12/h11-12,14H,4-10H2,1-3H3,(H,20,21)/t14-/m1/s1. The van der Waals surface area contributed by atoms with E-state index in [9.17, 15) is 4.79 Å². The number of carbonyl (C=O) groups excluding carboxylic acids is 1. The third-order valence-electron chi connectivity index (χ3n) is 5.56. The number of nitrogens with one attached hydrogen (secondary N) is 1. The van der Waals surface area contributed by atoms with Gasteiger partial charge < -0.3 is 9.32 Å². The van der Waals surface area contributed by atoms with E-state index >= 15 is 0 Å². The highest BCUT2D eigenvalue weighted by molar-refractivity contribution is 5.92. The fraction of sp³-hybridized carbons (Fsp3) is 0.684. The van der Waals surface area contributed by atoms with Gasteiger partial charge in [0.1, 0.15) is 11.7 Å². The van der Waals surface area contributed by atoms with Crippen LogP contribution in [0.1, 0.15) is 99.2 Å². The van der Waals surface area contributed by atoms with Crippen molar-refractivity contribution in [2.75, 3.05) is 6.54 Å². The molecule has 0 aromatic carbocycles. The fourth-order valence-corrected chi connectivity index (χ4v) is 3.60. The van der Waals surface area contributed by atoms with E-state index in [0.717, 1.165) is 43.7 Å². The lowest BCUT2D eigenvalue weighted by Crippen LogP contribution is -2.38. The Morgan fingerprint density at radius 2 is 1.92 bits per heavy atom. The predicted octanol–water partition coefficient (Wildman–Crippen LogP) is 3.73. The summed E-state index contributed by atoms with van der Waals surface area (Å²) in [4.78, 5) is 14.9. The maximum atomic E-state index is 13.1. The minimum absolute atomic E-state index is 0.0650. The van der Waals surface area contributed by atoms with E-state index in [1.165, 1.54) is 6.42 Å². The maximum absolute atomic E-state index is 13.1. The Labute approximate surface area is 153 Å². The Kier molecular flexibility index (Phi) is 4.32. The molecule has 7 heteroatoms. The summed E-state index contributed by atoms with van der Waals surface area (Å²) in [5, 5.41) is 15.8. The van der Waals surface area contributed by atoms with E-state index in [1.807, 2.05) is 11.0 Å². The molecule has 1 aliphatic heterocycles. The van der Waals surface area contributed by atoms with E-state index in [1.54, 1.807) is 0 Å². The molecule has 4 rings (SSSR count). The number of rotatable bonds is 3. The molecule has 1 amide bonds. The summed E-state index contributed by atoms with van der Waals surface area (Å²) in [5.41, 5.74) is 1.34. The molecule has 3 heterocycles. The summed E-state index contributed by atoms with van der Waals surface area (Å²) < 4.78 is 5.96. The first-order valence-electron chi connectivity index (χ1n) is 9.63. The fourth-order valence-electron chi connectivity index (χ4n) is 3.60. The van der Waals surface area contributed by atoms with Gasteiger partial charge in [-0.3, -0.25) is 9.89 Å². The van der Waals surface area contributed by atoms with Crippen molar-refractivity contribution in [1.29, 1.82) is 0 Å². The second-order valence-electron chi connectivity index (χ2n) is 8.53. The van der Waals surface area contributed by atoms with Crippen LogP contribution < -0.4 is 0 Å². The second kappa shape index (κ2) is 6.52. The van der Waals surface area contributed by atoms with Crippen molar-refractivity contribution in [1.82, 2.24) is 25.3 Å². The number of amides is 1. The Bertz CT molecular complexity index is 784. The summed E-state index contributed by atoms with van der Waals surface area (Å²) in [6, 6.07) is 1.72. The van der Waals surface area contributed by atoms with Gasteiger partial charge in [0, 0.05) is 23.6 Å². The summed E-state index contributed by atoms with van der Waals surface area (Å²) in [6.45, 7) is 6.99. The summed E-state index contributed by atoms with van der Waals surface area (Å²) in [6.07, 6.45) is 6.38. The van der Waals surface area contributed by atoms with Crippen LogP contribution >= 0.6 is 0 Å². The van der Waals surface area contributed by atoms with Crippen LogP contribution in [0.25, 0.3) is 0 Å². The molecule has 7 nitrogen and oxygen atoms in total. The number of aromatic amines is 1. The minimum atomic E-state index is -0.146. The molecule has 0 radical (unpaired) electrons. The maximum Gasteiger partial charge on any atom is 0.275 e. The van der Waals surface area contributed by atoms with Gasteiger partial charge >= 0.3 is 0 Å². The lowest BCUT2D eigenvalue weighted by molar-refractivity contribution is 0.0562. The van der Waals surface area contributed by atoms with Crippen molar-refractivity contribution in [2.45, 2.75) is 76.7 Å².